The summed E-state index contributed by atoms with van der Waals surface area (Å²) in [4.78, 5) is 35.5. The largest absolute Gasteiger partial charge is 0.472 e. The quantitative estimate of drug-likeness (QED) is 0.0264. The molecule has 0 aliphatic rings. The average Bonchev–Trinajstić information content (AvgIpc) is 1.04. The summed E-state index contributed by atoms with van der Waals surface area (Å²) in [6.45, 7) is 3.58. The maximum absolute atomic E-state index is 12.8. The second-order valence-electron chi connectivity index (χ2n) is 28.6. The van der Waals surface area contributed by atoms with Crippen molar-refractivity contribution >= 4 is 19.8 Å². The van der Waals surface area contributed by atoms with E-state index >= 15 is 0 Å². The van der Waals surface area contributed by atoms with Gasteiger partial charge >= 0.3 is 19.8 Å². The molecule has 0 rings (SSSR count). The predicted molar refractivity (Wildman–Crippen MR) is 441 cm³/mol. The van der Waals surface area contributed by atoms with Crippen molar-refractivity contribution < 1.29 is 37.6 Å². The molecule has 0 aliphatic heterocycles. The summed E-state index contributed by atoms with van der Waals surface area (Å²) in [6, 6.07) is 0. The Kier molecular flexibility index (Phi) is 82.3. The van der Waals surface area contributed by atoms with Gasteiger partial charge in [-0.2, -0.15) is 0 Å². The molecule has 0 aromatic carbocycles. The molecule has 0 amide bonds. The predicted octanol–water partition coefficient (Wildman–Crippen LogP) is 29.3. The molecule has 0 saturated carbocycles. The van der Waals surface area contributed by atoms with Crippen LogP contribution < -0.4 is 5.73 Å². The van der Waals surface area contributed by atoms with Gasteiger partial charge in [0.2, 0.25) is 0 Å². The Morgan fingerprint density at radius 2 is 0.515 bits per heavy atom. The number of carbonyl (C=O) groups excluding carboxylic acids is 2. The van der Waals surface area contributed by atoms with Crippen molar-refractivity contribution in [3.63, 3.8) is 0 Å². The van der Waals surface area contributed by atoms with Crippen molar-refractivity contribution in [2.75, 3.05) is 26.4 Å². The number of hydrogen-bond donors (Lipinski definition) is 2. The van der Waals surface area contributed by atoms with Crippen molar-refractivity contribution in [1.82, 2.24) is 0 Å². The third-order valence-electron chi connectivity index (χ3n) is 18.8. The molecule has 101 heavy (non-hydrogen) atoms. The first-order valence-corrected chi connectivity index (χ1v) is 44.5. The molecular weight excluding hydrogens is 1270 g/mol. The Balaban J connectivity index is 3.74. The minimum Gasteiger partial charge on any atom is -0.462 e. The van der Waals surface area contributed by atoms with Crippen molar-refractivity contribution in [1.29, 1.82) is 0 Å². The molecule has 2 atom stereocenters. The fourth-order valence-corrected chi connectivity index (χ4v) is 13.3. The number of carbonyl (C=O) groups is 2. The fourth-order valence-electron chi connectivity index (χ4n) is 12.6. The second-order valence-corrected chi connectivity index (χ2v) is 30.1. The molecule has 0 spiro atoms. The highest BCUT2D eigenvalue weighted by Gasteiger charge is 2.26. The molecule has 584 valence electrons. The zero-order valence-corrected chi connectivity index (χ0v) is 67.0. The smallest absolute Gasteiger partial charge is 0.462 e. The summed E-state index contributed by atoms with van der Waals surface area (Å²) < 4.78 is 33.3. The Morgan fingerprint density at radius 1 is 0.297 bits per heavy atom. The lowest BCUT2D eigenvalue weighted by molar-refractivity contribution is -0.161. The SMILES string of the molecule is CC/C=C\C/C=C\C/C=C\C/C=C\C/C=C\C/C=C\CCCCCCCCCCCCCCCCCCCCCCCCC(=O)OC(COC(=O)CCCCCCCCCCCCCCCCCCCCCCCCCCCC/C=C\C/C=C\C/C=C\C/C=C\CC)COP(=O)(O)OCCN. The number of phosphoric ester groups is 1. The number of unbranched alkanes of at least 4 members (excludes halogenated alkanes) is 48. The van der Waals surface area contributed by atoms with Crippen molar-refractivity contribution in [3.05, 3.63) is 122 Å². The molecule has 0 aromatic rings. The molecule has 9 nitrogen and oxygen atoms in total. The summed E-state index contributed by atoms with van der Waals surface area (Å²) in [5.74, 6) is -0.807. The fraction of sp³-hybridized carbons (Fsp3) is 0.758. The number of esters is 2. The van der Waals surface area contributed by atoms with Crippen molar-refractivity contribution in [2.45, 2.75) is 418 Å². The van der Waals surface area contributed by atoms with Crippen molar-refractivity contribution in [2.24, 2.45) is 5.73 Å². The van der Waals surface area contributed by atoms with E-state index in [1.165, 1.54) is 283 Å². The minimum absolute atomic E-state index is 0.0534. The lowest BCUT2D eigenvalue weighted by atomic mass is 10.0. The third kappa shape index (κ3) is 85.2. The highest BCUT2D eigenvalue weighted by Crippen LogP contribution is 2.43. The molecule has 0 saturated heterocycles. The molecule has 0 aromatic heterocycles. The molecule has 3 N–H and O–H groups in total. The standard InChI is InChI=1S/C91H162NO8P/c1-3-5-7-9-11-13-15-17-19-21-23-25-27-29-31-33-35-37-39-41-43-44-46-48-50-52-54-56-58-60-62-64-66-68-70-72-74-76-78-80-82-84-91(94)100-89(88-99-101(95,96)98-86-85-92)87-97-90(93)83-81-79-77-75-73-71-69-67-65-63-61-59-57-55-53-51-49-47-45-42-40-38-36-34-32-30-28-26-24-22-20-18-16-14-12-10-8-6-4-2/h5-8,11-14,17-20,23-26,29,31,35,37,89H,3-4,9-10,15-16,21-22,27-28,30,32-34,36,38-88,92H2,1-2H3,(H,95,96)/b7-5-,8-6-,13-11-,14-12-,19-17-,20-18-,25-23-,26-24-,31-29-,37-35-. The van der Waals surface area contributed by atoms with Crippen LogP contribution in [0.25, 0.3) is 0 Å². The van der Waals surface area contributed by atoms with Crippen LogP contribution in [0.3, 0.4) is 0 Å². The van der Waals surface area contributed by atoms with Gasteiger partial charge in [-0.25, -0.2) is 4.57 Å². The minimum atomic E-state index is -4.40. The molecule has 0 aliphatic carbocycles. The van der Waals surface area contributed by atoms with Gasteiger partial charge in [0.15, 0.2) is 6.10 Å². The van der Waals surface area contributed by atoms with Gasteiger partial charge < -0.3 is 20.1 Å². The summed E-state index contributed by atoms with van der Waals surface area (Å²) in [6.07, 6.45) is 121. The first kappa shape index (κ1) is 97.4. The van der Waals surface area contributed by atoms with Gasteiger partial charge in [0.25, 0.3) is 0 Å². The monoisotopic (exact) mass is 1430 g/mol. The molecule has 10 heteroatoms. The van der Waals surface area contributed by atoms with Crippen LogP contribution in [0.2, 0.25) is 0 Å². The van der Waals surface area contributed by atoms with E-state index in [1.54, 1.807) is 0 Å². The maximum atomic E-state index is 12.8. The van der Waals surface area contributed by atoms with Crippen LogP contribution in [-0.4, -0.2) is 49.3 Å². The van der Waals surface area contributed by atoms with E-state index in [0.717, 1.165) is 96.3 Å². The topological polar surface area (TPSA) is 134 Å². The zero-order valence-electron chi connectivity index (χ0n) is 66.1. The van der Waals surface area contributed by atoms with Gasteiger partial charge in [-0.1, -0.05) is 418 Å². The highest BCUT2D eigenvalue weighted by molar-refractivity contribution is 7.47. The van der Waals surface area contributed by atoms with Crippen LogP contribution in [0.5, 0.6) is 0 Å². The Morgan fingerprint density at radius 3 is 0.762 bits per heavy atom. The third-order valence-corrected chi connectivity index (χ3v) is 19.8. The normalized spacial score (nSPS) is 13.4. The van der Waals surface area contributed by atoms with E-state index in [4.69, 9.17) is 24.3 Å². The van der Waals surface area contributed by atoms with Gasteiger partial charge in [0.05, 0.1) is 13.2 Å². The van der Waals surface area contributed by atoms with Gasteiger partial charge in [0, 0.05) is 19.4 Å². The zero-order chi connectivity index (χ0) is 72.9. The van der Waals surface area contributed by atoms with Crippen LogP contribution in [0.4, 0.5) is 0 Å². The molecular formula is C91H162NO8P. The maximum Gasteiger partial charge on any atom is 0.472 e. The summed E-state index contributed by atoms with van der Waals surface area (Å²) >= 11 is 0. The number of nitrogens with two attached hydrogens (primary N) is 1. The summed E-state index contributed by atoms with van der Waals surface area (Å²) in [5.41, 5.74) is 5.42. The number of rotatable bonds is 81. The molecule has 0 heterocycles. The van der Waals surface area contributed by atoms with Gasteiger partial charge in [0.1, 0.15) is 6.61 Å². The van der Waals surface area contributed by atoms with Crippen LogP contribution in [-0.2, 0) is 32.7 Å². The van der Waals surface area contributed by atoms with Crippen molar-refractivity contribution in [3.8, 4) is 0 Å². The first-order chi connectivity index (χ1) is 49.8. The Bertz CT molecular complexity index is 2080. The van der Waals surface area contributed by atoms with E-state index < -0.39 is 26.5 Å². The molecule has 0 fully saturated rings. The van der Waals surface area contributed by atoms with Crippen LogP contribution in [0.15, 0.2) is 122 Å². The van der Waals surface area contributed by atoms with Crippen LogP contribution >= 0.6 is 7.82 Å². The van der Waals surface area contributed by atoms with Gasteiger partial charge in [-0.3, -0.25) is 18.6 Å². The Hall–Kier alpha value is -3.59. The van der Waals surface area contributed by atoms with Gasteiger partial charge in [-0.15, -0.1) is 0 Å². The first-order valence-electron chi connectivity index (χ1n) is 43.0. The summed E-state index contributed by atoms with van der Waals surface area (Å²) in [5, 5.41) is 0. The average molecular weight is 1430 g/mol. The highest BCUT2D eigenvalue weighted by atomic mass is 31.2. The van der Waals surface area contributed by atoms with Gasteiger partial charge in [-0.05, 0) is 103 Å². The summed E-state index contributed by atoms with van der Waals surface area (Å²) in [7, 11) is -4.40. The number of phosphoric acid groups is 1. The number of ether oxygens (including phenoxy) is 2. The van der Waals surface area contributed by atoms with Crippen LogP contribution in [0.1, 0.15) is 412 Å². The van der Waals surface area contributed by atoms with E-state index in [0.29, 0.717) is 6.42 Å². The number of allylic oxidation sites excluding steroid dienone is 20. The van der Waals surface area contributed by atoms with E-state index in [-0.39, 0.29) is 38.6 Å². The molecule has 0 radical (unpaired) electrons. The molecule has 0 bridgehead atoms. The second kappa shape index (κ2) is 85.3. The lowest BCUT2D eigenvalue weighted by Crippen LogP contribution is -2.29. The Labute approximate surface area is 625 Å². The van der Waals surface area contributed by atoms with E-state index in [9.17, 15) is 19.0 Å². The molecule has 2 unspecified atom stereocenters. The van der Waals surface area contributed by atoms with Crippen LogP contribution in [0, 0.1) is 0 Å². The van der Waals surface area contributed by atoms with E-state index in [2.05, 4.69) is 135 Å². The number of hydrogen-bond acceptors (Lipinski definition) is 8. The van der Waals surface area contributed by atoms with E-state index in [1.807, 2.05) is 0 Å². The lowest BCUT2D eigenvalue weighted by Gasteiger charge is -2.19.